The molecule has 2 rings (SSSR count). The SMILES string of the molecule is Clc1cc(Cl)cc(CC2CCCCN2)c1. The average molecular weight is 244 g/mol. The lowest BCUT2D eigenvalue weighted by Gasteiger charge is -2.23. The number of benzene rings is 1. The van der Waals surface area contributed by atoms with Crippen LogP contribution in [0.1, 0.15) is 24.8 Å². The van der Waals surface area contributed by atoms with Crippen LogP contribution in [0.25, 0.3) is 0 Å². The van der Waals surface area contributed by atoms with Crippen molar-refractivity contribution in [3.8, 4) is 0 Å². The molecule has 3 heteroatoms. The summed E-state index contributed by atoms with van der Waals surface area (Å²) in [7, 11) is 0. The summed E-state index contributed by atoms with van der Waals surface area (Å²) in [4.78, 5) is 0. The number of hydrogen-bond acceptors (Lipinski definition) is 1. The number of nitrogens with one attached hydrogen (secondary N) is 1. The Bertz CT molecular complexity index is 312. The van der Waals surface area contributed by atoms with Gasteiger partial charge in [0.15, 0.2) is 0 Å². The minimum absolute atomic E-state index is 0.591. The van der Waals surface area contributed by atoms with E-state index < -0.39 is 0 Å². The molecule has 1 aliphatic rings. The summed E-state index contributed by atoms with van der Waals surface area (Å²) in [5.74, 6) is 0. The summed E-state index contributed by atoms with van der Waals surface area (Å²) in [6.45, 7) is 1.14. The zero-order chi connectivity index (χ0) is 10.7. The van der Waals surface area contributed by atoms with Crippen LogP contribution in [0.3, 0.4) is 0 Å². The first-order valence-corrected chi connectivity index (χ1v) is 6.18. The van der Waals surface area contributed by atoms with Crippen LogP contribution in [-0.2, 0) is 6.42 Å². The zero-order valence-electron chi connectivity index (χ0n) is 8.60. The van der Waals surface area contributed by atoms with Crippen LogP contribution >= 0.6 is 23.2 Å². The highest BCUT2D eigenvalue weighted by molar-refractivity contribution is 6.34. The molecule has 15 heavy (non-hydrogen) atoms. The fourth-order valence-corrected chi connectivity index (χ4v) is 2.68. The van der Waals surface area contributed by atoms with Crippen molar-refractivity contribution in [1.29, 1.82) is 0 Å². The number of rotatable bonds is 2. The van der Waals surface area contributed by atoms with Gasteiger partial charge in [0.25, 0.3) is 0 Å². The second kappa shape index (κ2) is 5.20. The van der Waals surface area contributed by atoms with Crippen LogP contribution in [0, 0.1) is 0 Å². The van der Waals surface area contributed by atoms with Gasteiger partial charge in [0.05, 0.1) is 0 Å². The van der Waals surface area contributed by atoms with Gasteiger partial charge in [0, 0.05) is 16.1 Å². The molecule has 1 unspecified atom stereocenters. The van der Waals surface area contributed by atoms with E-state index in [4.69, 9.17) is 23.2 Å². The van der Waals surface area contributed by atoms with Crippen LogP contribution in [-0.4, -0.2) is 12.6 Å². The van der Waals surface area contributed by atoms with Crippen molar-refractivity contribution in [2.75, 3.05) is 6.54 Å². The first-order valence-electron chi connectivity index (χ1n) is 5.42. The molecule has 0 bridgehead atoms. The molecule has 82 valence electrons. The first kappa shape index (κ1) is 11.3. The zero-order valence-corrected chi connectivity index (χ0v) is 10.1. The maximum atomic E-state index is 5.96. The Hall–Kier alpha value is -0.240. The Balaban J connectivity index is 2.02. The van der Waals surface area contributed by atoms with E-state index in [0.29, 0.717) is 6.04 Å². The standard InChI is InChI=1S/C12H15Cl2N/c13-10-5-9(6-11(14)8-10)7-12-3-1-2-4-15-12/h5-6,8,12,15H,1-4,7H2. The van der Waals surface area contributed by atoms with E-state index in [9.17, 15) is 0 Å². The van der Waals surface area contributed by atoms with Crippen molar-refractivity contribution < 1.29 is 0 Å². The molecule has 1 aliphatic heterocycles. The van der Waals surface area contributed by atoms with E-state index in [1.54, 1.807) is 6.07 Å². The van der Waals surface area contributed by atoms with E-state index in [-0.39, 0.29) is 0 Å². The summed E-state index contributed by atoms with van der Waals surface area (Å²) in [6, 6.07) is 6.38. The van der Waals surface area contributed by atoms with Crippen LogP contribution in [0.5, 0.6) is 0 Å². The summed E-state index contributed by atoms with van der Waals surface area (Å²) in [5.41, 5.74) is 1.23. The Morgan fingerprint density at radius 1 is 1.13 bits per heavy atom. The van der Waals surface area contributed by atoms with Gasteiger partial charge in [-0.05, 0) is 49.6 Å². The molecule has 1 aromatic carbocycles. The fourth-order valence-electron chi connectivity index (χ4n) is 2.11. The van der Waals surface area contributed by atoms with Gasteiger partial charge in [0.2, 0.25) is 0 Å². The van der Waals surface area contributed by atoms with E-state index in [2.05, 4.69) is 5.32 Å². The van der Waals surface area contributed by atoms with Crippen molar-refractivity contribution in [2.45, 2.75) is 31.7 Å². The van der Waals surface area contributed by atoms with Gasteiger partial charge in [-0.3, -0.25) is 0 Å². The summed E-state index contributed by atoms with van der Waals surface area (Å²) in [6.07, 6.45) is 4.91. The predicted octanol–water partition coefficient (Wildman–Crippen LogP) is 3.68. The minimum atomic E-state index is 0.591. The summed E-state index contributed by atoms with van der Waals surface area (Å²) in [5, 5.41) is 4.98. The third-order valence-electron chi connectivity index (χ3n) is 2.82. The monoisotopic (exact) mass is 243 g/mol. The molecule has 0 radical (unpaired) electrons. The van der Waals surface area contributed by atoms with Gasteiger partial charge in [0.1, 0.15) is 0 Å². The van der Waals surface area contributed by atoms with Crippen LogP contribution in [0.4, 0.5) is 0 Å². The van der Waals surface area contributed by atoms with E-state index in [1.807, 2.05) is 12.1 Å². The Morgan fingerprint density at radius 3 is 2.47 bits per heavy atom. The molecule has 0 saturated carbocycles. The van der Waals surface area contributed by atoms with E-state index in [0.717, 1.165) is 23.0 Å². The molecule has 1 atom stereocenters. The lowest BCUT2D eigenvalue weighted by Crippen LogP contribution is -2.35. The first-order chi connectivity index (χ1) is 7.24. The van der Waals surface area contributed by atoms with Gasteiger partial charge < -0.3 is 5.32 Å². The molecule has 0 aliphatic carbocycles. The largest absolute Gasteiger partial charge is 0.314 e. The fraction of sp³-hybridized carbons (Fsp3) is 0.500. The second-order valence-electron chi connectivity index (χ2n) is 4.13. The van der Waals surface area contributed by atoms with Crippen LogP contribution < -0.4 is 5.32 Å². The molecule has 0 aromatic heterocycles. The molecule has 1 N–H and O–H groups in total. The maximum Gasteiger partial charge on any atom is 0.0423 e. The molecule has 1 heterocycles. The van der Waals surface area contributed by atoms with Crippen molar-refractivity contribution in [1.82, 2.24) is 5.32 Å². The molecule has 1 saturated heterocycles. The van der Waals surface area contributed by atoms with Crippen LogP contribution in [0.2, 0.25) is 10.0 Å². The maximum absolute atomic E-state index is 5.96. The molecule has 0 spiro atoms. The third kappa shape index (κ3) is 3.37. The predicted molar refractivity (Wildman–Crippen MR) is 65.8 cm³/mol. The third-order valence-corrected chi connectivity index (χ3v) is 3.25. The van der Waals surface area contributed by atoms with Gasteiger partial charge in [-0.2, -0.15) is 0 Å². The minimum Gasteiger partial charge on any atom is -0.314 e. The average Bonchev–Trinajstić information content (AvgIpc) is 2.17. The molecule has 1 nitrogen and oxygen atoms in total. The number of halogens is 2. The number of piperidine rings is 1. The normalized spacial score (nSPS) is 21.6. The lowest BCUT2D eigenvalue weighted by atomic mass is 9.98. The Morgan fingerprint density at radius 2 is 1.87 bits per heavy atom. The highest BCUT2D eigenvalue weighted by Gasteiger charge is 2.13. The quantitative estimate of drug-likeness (QED) is 0.836. The molecular formula is C12H15Cl2N. The van der Waals surface area contributed by atoms with Gasteiger partial charge in [-0.15, -0.1) is 0 Å². The molecule has 1 aromatic rings. The van der Waals surface area contributed by atoms with Crippen molar-refractivity contribution in [3.05, 3.63) is 33.8 Å². The van der Waals surface area contributed by atoms with Gasteiger partial charge >= 0.3 is 0 Å². The van der Waals surface area contributed by atoms with Gasteiger partial charge in [-0.25, -0.2) is 0 Å². The highest BCUT2D eigenvalue weighted by Crippen LogP contribution is 2.21. The van der Waals surface area contributed by atoms with Crippen molar-refractivity contribution in [3.63, 3.8) is 0 Å². The van der Waals surface area contributed by atoms with E-state index >= 15 is 0 Å². The van der Waals surface area contributed by atoms with Gasteiger partial charge in [-0.1, -0.05) is 29.6 Å². The van der Waals surface area contributed by atoms with Crippen molar-refractivity contribution >= 4 is 23.2 Å². The highest BCUT2D eigenvalue weighted by atomic mass is 35.5. The lowest BCUT2D eigenvalue weighted by molar-refractivity contribution is 0.399. The summed E-state index contributed by atoms with van der Waals surface area (Å²) < 4.78 is 0. The van der Waals surface area contributed by atoms with Crippen molar-refractivity contribution in [2.24, 2.45) is 0 Å². The molecule has 0 amide bonds. The Kier molecular flexibility index (Phi) is 3.90. The molecular weight excluding hydrogens is 229 g/mol. The smallest absolute Gasteiger partial charge is 0.0423 e. The van der Waals surface area contributed by atoms with Crippen LogP contribution in [0.15, 0.2) is 18.2 Å². The summed E-state index contributed by atoms with van der Waals surface area (Å²) >= 11 is 11.9. The van der Waals surface area contributed by atoms with E-state index in [1.165, 1.54) is 24.8 Å². The second-order valence-corrected chi connectivity index (χ2v) is 5.00. The number of hydrogen-bond donors (Lipinski definition) is 1. The topological polar surface area (TPSA) is 12.0 Å². The molecule has 1 fully saturated rings. The Labute approximate surface area is 101 Å².